The molecular weight excluding hydrogens is 337 g/mol. The zero-order valence-electron chi connectivity index (χ0n) is 12.5. The van der Waals surface area contributed by atoms with Crippen molar-refractivity contribution in [1.82, 2.24) is 4.98 Å². The minimum Gasteiger partial charge on any atom is -0.248 e. The second kappa shape index (κ2) is 5.51. The summed E-state index contributed by atoms with van der Waals surface area (Å²) in [5.41, 5.74) is -0.0210. The summed E-state index contributed by atoms with van der Waals surface area (Å²) in [5, 5.41) is 0.982. The topological polar surface area (TPSA) is 12.9 Å². The SMILES string of the molecule is Fc1c(F)c(F)c(-c2cccc3nc4ccccc4cc23)c(F)c1F. The van der Waals surface area contributed by atoms with E-state index >= 15 is 0 Å². The molecule has 4 rings (SSSR count). The number of pyridine rings is 1. The van der Waals surface area contributed by atoms with Crippen LogP contribution >= 0.6 is 0 Å². The molecule has 0 aliphatic heterocycles. The van der Waals surface area contributed by atoms with Gasteiger partial charge < -0.3 is 0 Å². The highest BCUT2D eigenvalue weighted by molar-refractivity contribution is 6.01. The molecule has 3 aromatic carbocycles. The van der Waals surface area contributed by atoms with Crippen LogP contribution in [-0.4, -0.2) is 4.98 Å². The molecule has 0 spiro atoms. The van der Waals surface area contributed by atoms with Gasteiger partial charge in [0, 0.05) is 10.8 Å². The molecule has 0 radical (unpaired) electrons. The minimum atomic E-state index is -2.18. The lowest BCUT2D eigenvalue weighted by molar-refractivity contribution is 0.381. The molecule has 25 heavy (non-hydrogen) atoms. The zero-order valence-corrected chi connectivity index (χ0v) is 12.5. The van der Waals surface area contributed by atoms with Gasteiger partial charge in [-0.25, -0.2) is 26.9 Å². The third-order valence-corrected chi connectivity index (χ3v) is 4.04. The van der Waals surface area contributed by atoms with Crippen molar-refractivity contribution in [3.05, 3.63) is 77.6 Å². The fraction of sp³-hybridized carbons (Fsp3) is 0. The largest absolute Gasteiger partial charge is 0.248 e. The number of para-hydroxylation sites is 1. The van der Waals surface area contributed by atoms with Crippen LogP contribution in [-0.2, 0) is 0 Å². The number of hydrogen-bond acceptors (Lipinski definition) is 1. The molecule has 0 saturated heterocycles. The van der Waals surface area contributed by atoms with Gasteiger partial charge in [-0.05, 0) is 23.8 Å². The average Bonchev–Trinajstić information content (AvgIpc) is 2.63. The Morgan fingerprint density at radius 1 is 0.600 bits per heavy atom. The summed E-state index contributed by atoms with van der Waals surface area (Å²) in [5.74, 6) is -9.85. The predicted molar refractivity (Wildman–Crippen MR) is 84.5 cm³/mol. The molecule has 1 nitrogen and oxygen atoms in total. The second-order valence-corrected chi connectivity index (χ2v) is 5.50. The van der Waals surface area contributed by atoms with Gasteiger partial charge in [0.05, 0.1) is 16.6 Å². The molecule has 1 aromatic heterocycles. The molecule has 4 aromatic rings. The highest BCUT2D eigenvalue weighted by Crippen LogP contribution is 2.36. The molecule has 0 bridgehead atoms. The lowest BCUT2D eigenvalue weighted by Gasteiger charge is -2.11. The molecule has 124 valence electrons. The van der Waals surface area contributed by atoms with E-state index < -0.39 is 34.6 Å². The number of aromatic nitrogens is 1. The van der Waals surface area contributed by atoms with Gasteiger partial charge in [0.2, 0.25) is 5.82 Å². The van der Waals surface area contributed by atoms with Gasteiger partial charge in [0.1, 0.15) is 0 Å². The van der Waals surface area contributed by atoms with Crippen molar-refractivity contribution in [2.75, 3.05) is 0 Å². The van der Waals surface area contributed by atoms with Crippen molar-refractivity contribution in [3.8, 4) is 11.1 Å². The minimum absolute atomic E-state index is 0.108. The van der Waals surface area contributed by atoms with E-state index in [0.29, 0.717) is 21.8 Å². The summed E-state index contributed by atoms with van der Waals surface area (Å²) in [6.45, 7) is 0. The van der Waals surface area contributed by atoms with E-state index in [2.05, 4.69) is 4.98 Å². The van der Waals surface area contributed by atoms with E-state index in [0.717, 1.165) is 0 Å². The fourth-order valence-corrected chi connectivity index (χ4v) is 2.86. The van der Waals surface area contributed by atoms with E-state index in [1.54, 1.807) is 36.4 Å². The maximum absolute atomic E-state index is 14.2. The Bertz CT molecular complexity index is 1120. The van der Waals surface area contributed by atoms with Gasteiger partial charge in [-0.2, -0.15) is 0 Å². The van der Waals surface area contributed by atoms with Crippen LogP contribution in [0.25, 0.3) is 32.9 Å². The van der Waals surface area contributed by atoms with E-state index in [1.165, 1.54) is 12.1 Å². The summed E-state index contributed by atoms with van der Waals surface area (Å²) in [6.07, 6.45) is 0. The summed E-state index contributed by atoms with van der Waals surface area (Å²) in [7, 11) is 0. The Balaban J connectivity index is 2.14. The van der Waals surface area contributed by atoms with Gasteiger partial charge in [0.15, 0.2) is 23.3 Å². The van der Waals surface area contributed by atoms with Gasteiger partial charge >= 0.3 is 0 Å². The average molecular weight is 345 g/mol. The van der Waals surface area contributed by atoms with Crippen LogP contribution in [0.5, 0.6) is 0 Å². The fourth-order valence-electron chi connectivity index (χ4n) is 2.86. The first kappa shape index (κ1) is 15.5. The summed E-state index contributed by atoms with van der Waals surface area (Å²) in [4.78, 5) is 4.38. The Hall–Kier alpha value is -3.02. The van der Waals surface area contributed by atoms with Crippen LogP contribution in [0.15, 0.2) is 48.5 Å². The Morgan fingerprint density at radius 3 is 1.92 bits per heavy atom. The normalized spacial score (nSPS) is 11.4. The molecule has 0 aliphatic rings. The number of benzene rings is 3. The van der Waals surface area contributed by atoms with E-state index in [1.807, 2.05) is 0 Å². The van der Waals surface area contributed by atoms with Crippen LogP contribution in [0.1, 0.15) is 0 Å². The van der Waals surface area contributed by atoms with Crippen molar-refractivity contribution >= 4 is 21.8 Å². The zero-order chi connectivity index (χ0) is 17.7. The summed E-state index contributed by atoms with van der Waals surface area (Å²) in [6, 6.07) is 13.0. The highest BCUT2D eigenvalue weighted by atomic mass is 19.2. The quantitative estimate of drug-likeness (QED) is 0.185. The second-order valence-electron chi connectivity index (χ2n) is 5.50. The molecule has 1 heterocycles. The van der Waals surface area contributed by atoms with Gasteiger partial charge in [-0.1, -0.05) is 30.3 Å². The van der Waals surface area contributed by atoms with Gasteiger partial charge in [0.25, 0.3) is 0 Å². The van der Waals surface area contributed by atoms with Crippen molar-refractivity contribution < 1.29 is 22.0 Å². The third kappa shape index (κ3) is 2.25. The molecule has 0 aliphatic carbocycles. The van der Waals surface area contributed by atoms with E-state index in [4.69, 9.17) is 0 Å². The van der Waals surface area contributed by atoms with Crippen molar-refractivity contribution in [2.24, 2.45) is 0 Å². The van der Waals surface area contributed by atoms with Crippen molar-refractivity contribution in [3.63, 3.8) is 0 Å². The molecule has 0 atom stereocenters. The van der Waals surface area contributed by atoms with Crippen LogP contribution < -0.4 is 0 Å². The maximum Gasteiger partial charge on any atom is 0.200 e. The maximum atomic E-state index is 14.2. The molecule has 0 fully saturated rings. The molecular formula is C19H8F5N. The number of fused-ring (bicyclic) bond motifs is 2. The predicted octanol–water partition coefficient (Wildman–Crippen LogP) is 5.75. The van der Waals surface area contributed by atoms with Gasteiger partial charge in [-0.15, -0.1) is 0 Å². The molecule has 0 amide bonds. The first-order valence-electron chi connectivity index (χ1n) is 7.29. The standard InChI is InChI=1S/C19H8F5N/c20-15-14(16(21)18(23)19(24)17(15)22)10-5-3-7-13-11(10)8-9-4-1-2-6-12(9)25-13/h1-8H. The summed E-state index contributed by atoms with van der Waals surface area (Å²) < 4.78 is 68.8. The first-order valence-corrected chi connectivity index (χ1v) is 7.29. The van der Waals surface area contributed by atoms with E-state index in [-0.39, 0.29) is 5.56 Å². The first-order chi connectivity index (χ1) is 12.0. The molecule has 6 heteroatoms. The number of rotatable bonds is 1. The summed E-state index contributed by atoms with van der Waals surface area (Å²) >= 11 is 0. The Kier molecular flexibility index (Phi) is 3.42. The third-order valence-electron chi connectivity index (χ3n) is 4.04. The number of halogens is 5. The lowest BCUT2D eigenvalue weighted by atomic mass is 9.98. The van der Waals surface area contributed by atoms with Crippen LogP contribution in [0, 0.1) is 29.1 Å². The smallest absolute Gasteiger partial charge is 0.200 e. The van der Waals surface area contributed by atoms with Gasteiger partial charge in [-0.3, -0.25) is 0 Å². The molecule has 0 unspecified atom stereocenters. The lowest BCUT2D eigenvalue weighted by Crippen LogP contribution is -2.04. The Labute approximate surface area is 138 Å². The monoisotopic (exact) mass is 345 g/mol. The van der Waals surface area contributed by atoms with Crippen molar-refractivity contribution in [2.45, 2.75) is 0 Å². The number of nitrogens with zero attached hydrogens (tertiary/aromatic N) is 1. The highest BCUT2D eigenvalue weighted by Gasteiger charge is 2.27. The van der Waals surface area contributed by atoms with E-state index in [9.17, 15) is 22.0 Å². The van der Waals surface area contributed by atoms with Crippen LogP contribution in [0.4, 0.5) is 22.0 Å². The number of hydrogen-bond donors (Lipinski definition) is 0. The van der Waals surface area contributed by atoms with Crippen LogP contribution in [0.2, 0.25) is 0 Å². The molecule has 0 N–H and O–H groups in total. The van der Waals surface area contributed by atoms with Crippen molar-refractivity contribution in [1.29, 1.82) is 0 Å². The van der Waals surface area contributed by atoms with Crippen LogP contribution in [0.3, 0.4) is 0 Å². The molecule has 0 saturated carbocycles. The Morgan fingerprint density at radius 2 is 1.20 bits per heavy atom.